The summed E-state index contributed by atoms with van der Waals surface area (Å²) in [5.41, 5.74) is 2.90. The lowest BCUT2D eigenvalue weighted by Gasteiger charge is -2.18. The number of benzene rings is 2. The molecule has 2 aromatic carbocycles. The number of anilines is 1. The first-order chi connectivity index (χ1) is 11.5. The summed E-state index contributed by atoms with van der Waals surface area (Å²) in [7, 11) is -0.859. The quantitative estimate of drug-likeness (QED) is 0.828. The van der Waals surface area contributed by atoms with Crippen LogP contribution in [0.1, 0.15) is 11.1 Å². The van der Waals surface area contributed by atoms with Crippen molar-refractivity contribution in [3.8, 4) is 11.5 Å². The number of hydrogen-bond acceptors (Lipinski definition) is 5. The molecule has 25 heavy (non-hydrogen) atoms. The molecule has 0 fully saturated rings. The normalized spacial score (nSPS) is 13.4. The molecule has 0 unspecified atom stereocenters. The molecule has 0 saturated carbocycles. The molecule has 0 saturated heterocycles. The zero-order chi connectivity index (χ0) is 17.2. The van der Waals surface area contributed by atoms with Crippen LogP contribution in [0.4, 0.5) is 5.69 Å². The van der Waals surface area contributed by atoms with Crippen LogP contribution in [0.25, 0.3) is 0 Å². The maximum atomic E-state index is 12.8. The van der Waals surface area contributed by atoms with E-state index in [4.69, 9.17) is 9.47 Å². The van der Waals surface area contributed by atoms with Crippen LogP contribution in [0.3, 0.4) is 0 Å². The standard InChI is InChI=1S/C17H20N2O4S.ClH/c1-22-15-5-6-16(23-2)17(10-15)24(20,21)19-14-4-3-13-11-18-8-7-12(13)9-14;/h3-6,9-10,18-19H,7-8,11H2,1-2H3;1H. The molecular weight excluding hydrogens is 364 g/mol. The van der Waals surface area contributed by atoms with Crippen molar-refractivity contribution in [2.75, 3.05) is 25.5 Å². The van der Waals surface area contributed by atoms with Gasteiger partial charge in [0.05, 0.1) is 14.2 Å². The minimum Gasteiger partial charge on any atom is -0.497 e. The number of nitrogens with one attached hydrogen (secondary N) is 2. The molecule has 6 nitrogen and oxygen atoms in total. The monoisotopic (exact) mass is 384 g/mol. The van der Waals surface area contributed by atoms with Crippen molar-refractivity contribution in [1.82, 2.24) is 5.32 Å². The number of sulfonamides is 1. The zero-order valence-electron chi connectivity index (χ0n) is 14.0. The number of ether oxygens (including phenoxy) is 2. The Bertz CT molecular complexity index is 856. The lowest BCUT2D eigenvalue weighted by atomic mass is 10.0. The molecule has 0 atom stereocenters. The Morgan fingerprint density at radius 3 is 2.56 bits per heavy atom. The van der Waals surface area contributed by atoms with Crippen molar-refractivity contribution in [1.29, 1.82) is 0 Å². The molecule has 1 aliphatic heterocycles. The zero-order valence-corrected chi connectivity index (χ0v) is 15.7. The summed E-state index contributed by atoms with van der Waals surface area (Å²) in [5.74, 6) is 0.721. The third kappa shape index (κ3) is 4.18. The first-order valence-corrected chi connectivity index (χ1v) is 9.09. The van der Waals surface area contributed by atoms with Crippen molar-refractivity contribution in [3.63, 3.8) is 0 Å². The van der Waals surface area contributed by atoms with E-state index in [2.05, 4.69) is 10.0 Å². The van der Waals surface area contributed by atoms with Gasteiger partial charge in [-0.15, -0.1) is 12.4 Å². The van der Waals surface area contributed by atoms with Gasteiger partial charge in [-0.25, -0.2) is 8.42 Å². The highest BCUT2D eigenvalue weighted by atomic mass is 35.5. The Kier molecular flexibility index (Phi) is 6.16. The van der Waals surface area contributed by atoms with E-state index in [1.807, 2.05) is 12.1 Å². The highest BCUT2D eigenvalue weighted by molar-refractivity contribution is 7.92. The predicted molar refractivity (Wildman–Crippen MR) is 99.5 cm³/mol. The summed E-state index contributed by atoms with van der Waals surface area (Å²) < 4.78 is 38.4. The second kappa shape index (κ2) is 7.95. The largest absolute Gasteiger partial charge is 0.497 e. The van der Waals surface area contributed by atoms with Crippen LogP contribution in [0.5, 0.6) is 11.5 Å². The van der Waals surface area contributed by atoms with E-state index in [0.29, 0.717) is 11.4 Å². The van der Waals surface area contributed by atoms with Gasteiger partial charge >= 0.3 is 0 Å². The van der Waals surface area contributed by atoms with Crippen LogP contribution in [-0.4, -0.2) is 29.2 Å². The van der Waals surface area contributed by atoms with E-state index in [9.17, 15) is 8.42 Å². The van der Waals surface area contributed by atoms with Gasteiger partial charge in [0.2, 0.25) is 0 Å². The summed E-state index contributed by atoms with van der Waals surface area (Å²) >= 11 is 0. The van der Waals surface area contributed by atoms with Crippen LogP contribution in [-0.2, 0) is 23.0 Å². The average Bonchev–Trinajstić information content (AvgIpc) is 2.60. The number of rotatable bonds is 5. The van der Waals surface area contributed by atoms with E-state index >= 15 is 0 Å². The molecule has 0 aliphatic carbocycles. The van der Waals surface area contributed by atoms with Gasteiger partial charge in [-0.2, -0.15) is 0 Å². The summed E-state index contributed by atoms with van der Waals surface area (Å²) in [4.78, 5) is 0.0451. The topological polar surface area (TPSA) is 76.7 Å². The maximum Gasteiger partial charge on any atom is 0.265 e. The molecule has 0 aromatic heterocycles. The lowest BCUT2D eigenvalue weighted by Crippen LogP contribution is -2.23. The fraction of sp³-hybridized carbons (Fsp3) is 0.294. The summed E-state index contributed by atoms with van der Waals surface area (Å²) in [6.07, 6.45) is 0.882. The first kappa shape index (κ1) is 19.4. The van der Waals surface area contributed by atoms with E-state index in [1.165, 1.54) is 25.8 Å². The van der Waals surface area contributed by atoms with Crippen LogP contribution in [0.2, 0.25) is 0 Å². The molecule has 8 heteroatoms. The van der Waals surface area contributed by atoms with E-state index in [-0.39, 0.29) is 23.1 Å². The molecule has 1 heterocycles. The number of fused-ring (bicyclic) bond motifs is 1. The van der Waals surface area contributed by atoms with Crippen LogP contribution in [0.15, 0.2) is 41.3 Å². The van der Waals surface area contributed by atoms with Gasteiger partial charge in [0, 0.05) is 18.3 Å². The van der Waals surface area contributed by atoms with Gasteiger partial charge in [-0.05, 0) is 48.4 Å². The maximum absolute atomic E-state index is 12.8. The predicted octanol–water partition coefficient (Wildman–Crippen LogP) is 2.57. The second-order valence-electron chi connectivity index (χ2n) is 5.53. The van der Waals surface area contributed by atoms with Gasteiger partial charge < -0.3 is 14.8 Å². The van der Waals surface area contributed by atoms with Gasteiger partial charge in [-0.3, -0.25) is 4.72 Å². The Morgan fingerprint density at radius 1 is 1.04 bits per heavy atom. The van der Waals surface area contributed by atoms with E-state index < -0.39 is 10.0 Å². The van der Waals surface area contributed by atoms with E-state index in [1.54, 1.807) is 18.2 Å². The van der Waals surface area contributed by atoms with Gasteiger partial charge in [0.1, 0.15) is 16.4 Å². The van der Waals surface area contributed by atoms with E-state index in [0.717, 1.165) is 25.1 Å². The molecule has 2 aromatic rings. The van der Waals surface area contributed by atoms with Crippen LogP contribution in [0, 0.1) is 0 Å². The Labute approximate surface area is 154 Å². The Morgan fingerprint density at radius 2 is 1.84 bits per heavy atom. The summed E-state index contributed by atoms with van der Waals surface area (Å²) in [5, 5.41) is 3.29. The van der Waals surface area contributed by atoms with Gasteiger partial charge in [-0.1, -0.05) is 6.07 Å². The summed E-state index contributed by atoms with van der Waals surface area (Å²) in [6.45, 7) is 1.71. The minimum absolute atomic E-state index is 0. The Hall–Kier alpha value is -1.96. The molecular formula is C17H21ClN2O4S. The third-order valence-electron chi connectivity index (χ3n) is 4.01. The van der Waals surface area contributed by atoms with Crippen molar-refractivity contribution in [2.45, 2.75) is 17.9 Å². The van der Waals surface area contributed by atoms with Crippen LogP contribution < -0.4 is 19.5 Å². The molecule has 0 spiro atoms. The Balaban J connectivity index is 0.00000225. The number of methoxy groups -OCH3 is 2. The fourth-order valence-corrected chi connectivity index (χ4v) is 3.98. The molecule has 0 radical (unpaired) electrons. The lowest BCUT2D eigenvalue weighted by molar-refractivity contribution is 0.392. The molecule has 136 valence electrons. The first-order valence-electron chi connectivity index (χ1n) is 7.61. The molecule has 1 aliphatic rings. The van der Waals surface area contributed by atoms with Gasteiger partial charge in [0.25, 0.3) is 10.0 Å². The van der Waals surface area contributed by atoms with Crippen LogP contribution >= 0.6 is 12.4 Å². The number of halogens is 1. The van der Waals surface area contributed by atoms with Crippen molar-refractivity contribution in [2.24, 2.45) is 0 Å². The van der Waals surface area contributed by atoms with Crippen molar-refractivity contribution < 1.29 is 17.9 Å². The average molecular weight is 385 g/mol. The number of hydrogen-bond donors (Lipinski definition) is 2. The minimum atomic E-state index is -3.79. The molecule has 0 amide bonds. The molecule has 2 N–H and O–H groups in total. The van der Waals surface area contributed by atoms with Gasteiger partial charge in [0.15, 0.2) is 0 Å². The fourth-order valence-electron chi connectivity index (χ4n) is 2.74. The second-order valence-corrected chi connectivity index (χ2v) is 7.18. The highest BCUT2D eigenvalue weighted by Crippen LogP contribution is 2.30. The van der Waals surface area contributed by atoms with Crippen molar-refractivity contribution in [3.05, 3.63) is 47.5 Å². The SMILES string of the molecule is COc1ccc(OC)c(S(=O)(=O)Nc2ccc3c(c2)CCNC3)c1.Cl. The smallest absolute Gasteiger partial charge is 0.265 e. The molecule has 0 bridgehead atoms. The van der Waals surface area contributed by atoms with Crippen molar-refractivity contribution >= 4 is 28.1 Å². The third-order valence-corrected chi connectivity index (χ3v) is 5.41. The summed E-state index contributed by atoms with van der Waals surface area (Å²) in [6, 6.07) is 10.3. The molecule has 3 rings (SSSR count). The highest BCUT2D eigenvalue weighted by Gasteiger charge is 2.21.